The van der Waals surface area contributed by atoms with Gasteiger partial charge in [0, 0.05) is 36.6 Å². The summed E-state index contributed by atoms with van der Waals surface area (Å²) in [5.74, 6) is -0.608. The largest absolute Gasteiger partial charge is 0.504 e. The van der Waals surface area contributed by atoms with Gasteiger partial charge in [0.15, 0.2) is 23.0 Å². The summed E-state index contributed by atoms with van der Waals surface area (Å²) in [6, 6.07) is 9.53. The molecule has 2 rings (SSSR count). The smallest absolute Gasteiger partial charge is 0.166 e. The quantitative estimate of drug-likeness (QED) is 0.250. The Balaban J connectivity index is 1.55. The van der Waals surface area contributed by atoms with Crippen LogP contribution in [-0.2, 0) is 0 Å². The number of para-hydroxylation sites is 2. The standard InChI is InChI=1S/C20H25N3O4/c24-17-7-1-5-15(19(17)26)13-22-11-3-9-21-10-4-12-23-14-16-6-2-8-18(25)20(16)27/h1-2,5-8,13-14,21,24-27H,3-4,9-12H2. The number of phenols is 4. The zero-order chi connectivity index (χ0) is 19.5. The fourth-order valence-electron chi connectivity index (χ4n) is 2.35. The van der Waals surface area contributed by atoms with Crippen molar-refractivity contribution >= 4 is 12.4 Å². The van der Waals surface area contributed by atoms with Gasteiger partial charge < -0.3 is 25.7 Å². The van der Waals surface area contributed by atoms with Crippen LogP contribution >= 0.6 is 0 Å². The molecule has 2 aromatic carbocycles. The molecule has 0 amide bonds. The van der Waals surface area contributed by atoms with Crippen LogP contribution in [0.15, 0.2) is 46.4 Å². The first kappa shape index (κ1) is 20.3. The third-order valence-electron chi connectivity index (χ3n) is 3.83. The molecular weight excluding hydrogens is 346 g/mol. The Morgan fingerprint density at radius 2 is 1.15 bits per heavy atom. The molecule has 0 aliphatic heterocycles. The lowest BCUT2D eigenvalue weighted by molar-refractivity contribution is 0.403. The summed E-state index contributed by atoms with van der Waals surface area (Å²) in [7, 11) is 0. The van der Waals surface area contributed by atoms with Crippen LogP contribution in [0.5, 0.6) is 23.0 Å². The zero-order valence-corrected chi connectivity index (χ0v) is 15.0. The van der Waals surface area contributed by atoms with Crippen molar-refractivity contribution in [2.24, 2.45) is 9.98 Å². The lowest BCUT2D eigenvalue weighted by atomic mass is 10.2. The predicted molar refractivity (Wildman–Crippen MR) is 107 cm³/mol. The number of nitrogens with one attached hydrogen (secondary N) is 1. The summed E-state index contributed by atoms with van der Waals surface area (Å²) in [6.07, 6.45) is 4.83. The first-order chi connectivity index (χ1) is 13.1. The van der Waals surface area contributed by atoms with Crippen LogP contribution in [0.25, 0.3) is 0 Å². The minimum atomic E-state index is -0.154. The van der Waals surface area contributed by atoms with Gasteiger partial charge in [-0.1, -0.05) is 12.1 Å². The van der Waals surface area contributed by atoms with Crippen molar-refractivity contribution in [2.75, 3.05) is 26.2 Å². The molecule has 5 N–H and O–H groups in total. The van der Waals surface area contributed by atoms with Gasteiger partial charge in [0.1, 0.15) is 0 Å². The van der Waals surface area contributed by atoms with Crippen molar-refractivity contribution in [3.63, 3.8) is 0 Å². The average molecular weight is 371 g/mol. The SMILES string of the molecule is Oc1cccc(C=NCCCNCCCN=Cc2cccc(O)c2O)c1O. The first-order valence-corrected chi connectivity index (χ1v) is 8.82. The molecule has 7 nitrogen and oxygen atoms in total. The molecule has 0 aliphatic carbocycles. The first-order valence-electron chi connectivity index (χ1n) is 8.82. The van der Waals surface area contributed by atoms with Crippen LogP contribution in [0, 0.1) is 0 Å². The lowest BCUT2D eigenvalue weighted by Crippen LogP contribution is -2.18. The second-order valence-electron chi connectivity index (χ2n) is 5.96. The molecule has 0 saturated heterocycles. The highest BCUT2D eigenvalue weighted by molar-refractivity contribution is 5.85. The lowest BCUT2D eigenvalue weighted by Gasteiger charge is -2.03. The summed E-state index contributed by atoms with van der Waals surface area (Å²) in [5, 5.41) is 41.4. The van der Waals surface area contributed by atoms with Gasteiger partial charge in [0.2, 0.25) is 0 Å². The number of hydrogen-bond acceptors (Lipinski definition) is 7. The Kier molecular flexibility index (Phi) is 8.12. The van der Waals surface area contributed by atoms with Gasteiger partial charge in [-0.3, -0.25) is 9.98 Å². The van der Waals surface area contributed by atoms with E-state index in [1.54, 1.807) is 36.7 Å². The third-order valence-corrected chi connectivity index (χ3v) is 3.83. The van der Waals surface area contributed by atoms with Crippen molar-refractivity contribution in [3.05, 3.63) is 47.5 Å². The Morgan fingerprint density at radius 3 is 1.59 bits per heavy atom. The number of hydrogen-bond donors (Lipinski definition) is 5. The van der Waals surface area contributed by atoms with E-state index in [2.05, 4.69) is 15.3 Å². The molecule has 2 aromatic rings. The van der Waals surface area contributed by atoms with E-state index < -0.39 is 0 Å². The molecule has 27 heavy (non-hydrogen) atoms. The van der Waals surface area contributed by atoms with E-state index in [4.69, 9.17) is 0 Å². The minimum absolute atomic E-state index is 0.150. The number of aromatic hydroxyl groups is 4. The molecule has 0 spiro atoms. The maximum absolute atomic E-state index is 9.65. The van der Waals surface area contributed by atoms with Crippen LogP contribution in [0.3, 0.4) is 0 Å². The molecule has 0 atom stereocenters. The number of aliphatic imine (C=N–C) groups is 2. The van der Waals surface area contributed by atoms with Gasteiger partial charge in [-0.05, 0) is 50.2 Å². The molecule has 0 unspecified atom stereocenters. The molecule has 7 heteroatoms. The minimum Gasteiger partial charge on any atom is -0.504 e. The molecular formula is C20H25N3O4. The van der Waals surface area contributed by atoms with E-state index in [-0.39, 0.29) is 23.0 Å². The van der Waals surface area contributed by atoms with Gasteiger partial charge in [-0.2, -0.15) is 0 Å². The number of benzene rings is 2. The number of rotatable bonds is 10. The summed E-state index contributed by atoms with van der Waals surface area (Å²) < 4.78 is 0. The van der Waals surface area contributed by atoms with Crippen molar-refractivity contribution in [1.82, 2.24) is 5.32 Å². The van der Waals surface area contributed by atoms with Gasteiger partial charge in [-0.25, -0.2) is 0 Å². The molecule has 0 fully saturated rings. The van der Waals surface area contributed by atoms with Crippen molar-refractivity contribution in [1.29, 1.82) is 0 Å². The highest BCUT2D eigenvalue weighted by atomic mass is 16.3. The third kappa shape index (κ3) is 6.63. The van der Waals surface area contributed by atoms with Gasteiger partial charge in [0.05, 0.1) is 0 Å². The molecule has 0 aromatic heterocycles. The topological polar surface area (TPSA) is 118 Å². The summed E-state index contributed by atoms with van der Waals surface area (Å²) >= 11 is 0. The molecule has 0 saturated carbocycles. The van der Waals surface area contributed by atoms with Crippen LogP contribution in [0.2, 0.25) is 0 Å². The number of nitrogens with zero attached hydrogens (tertiary/aromatic N) is 2. The maximum atomic E-state index is 9.65. The molecule has 144 valence electrons. The monoisotopic (exact) mass is 371 g/mol. The molecule has 0 aliphatic rings. The van der Waals surface area contributed by atoms with Crippen molar-refractivity contribution < 1.29 is 20.4 Å². The summed E-state index contributed by atoms with van der Waals surface area (Å²) in [5.41, 5.74) is 0.997. The molecule has 0 heterocycles. The Bertz CT molecular complexity index is 725. The van der Waals surface area contributed by atoms with Crippen LogP contribution < -0.4 is 5.32 Å². The predicted octanol–water partition coefficient (Wildman–Crippen LogP) is 2.42. The second kappa shape index (κ2) is 10.8. The van der Waals surface area contributed by atoms with E-state index in [0.717, 1.165) is 25.9 Å². The van der Waals surface area contributed by atoms with Crippen molar-refractivity contribution in [3.8, 4) is 23.0 Å². The van der Waals surface area contributed by atoms with E-state index in [1.165, 1.54) is 12.1 Å². The fraction of sp³-hybridized carbons (Fsp3) is 0.300. The summed E-state index contributed by atoms with van der Waals surface area (Å²) in [4.78, 5) is 8.47. The van der Waals surface area contributed by atoms with E-state index >= 15 is 0 Å². The van der Waals surface area contributed by atoms with Gasteiger partial charge >= 0.3 is 0 Å². The highest BCUT2D eigenvalue weighted by Gasteiger charge is 2.03. The maximum Gasteiger partial charge on any atom is 0.166 e. The van der Waals surface area contributed by atoms with Crippen LogP contribution in [-0.4, -0.2) is 59.0 Å². The normalized spacial score (nSPS) is 11.6. The van der Waals surface area contributed by atoms with Crippen molar-refractivity contribution in [2.45, 2.75) is 12.8 Å². The molecule has 0 radical (unpaired) electrons. The Morgan fingerprint density at radius 1 is 0.704 bits per heavy atom. The van der Waals surface area contributed by atoms with E-state index in [0.29, 0.717) is 24.2 Å². The summed E-state index contributed by atoms with van der Waals surface area (Å²) in [6.45, 7) is 2.88. The highest BCUT2D eigenvalue weighted by Crippen LogP contribution is 2.27. The fourth-order valence-corrected chi connectivity index (χ4v) is 2.35. The molecule has 0 bridgehead atoms. The van der Waals surface area contributed by atoms with Crippen LogP contribution in [0.4, 0.5) is 0 Å². The average Bonchev–Trinajstić information content (AvgIpc) is 2.66. The van der Waals surface area contributed by atoms with E-state index in [9.17, 15) is 20.4 Å². The Labute approximate surface area is 158 Å². The zero-order valence-electron chi connectivity index (χ0n) is 15.0. The van der Waals surface area contributed by atoms with Gasteiger partial charge in [0.25, 0.3) is 0 Å². The van der Waals surface area contributed by atoms with Crippen LogP contribution in [0.1, 0.15) is 24.0 Å². The van der Waals surface area contributed by atoms with Gasteiger partial charge in [-0.15, -0.1) is 0 Å². The number of phenolic OH excluding ortho intramolecular Hbond substituents is 4. The second-order valence-corrected chi connectivity index (χ2v) is 5.96. The van der Waals surface area contributed by atoms with E-state index in [1.807, 2.05) is 0 Å². The Hall–Kier alpha value is -3.06.